The van der Waals surface area contributed by atoms with Gasteiger partial charge in [0.1, 0.15) is 5.69 Å². The van der Waals surface area contributed by atoms with Crippen LogP contribution in [0.25, 0.3) is 0 Å². The van der Waals surface area contributed by atoms with Gasteiger partial charge in [0.2, 0.25) is 0 Å². The summed E-state index contributed by atoms with van der Waals surface area (Å²) in [6.45, 7) is 5.15. The summed E-state index contributed by atoms with van der Waals surface area (Å²) in [6.07, 6.45) is 6.46. The van der Waals surface area contributed by atoms with Crippen LogP contribution in [-0.2, 0) is 11.8 Å². The highest BCUT2D eigenvalue weighted by Crippen LogP contribution is 2.20. The molecule has 2 atom stereocenters. The Morgan fingerprint density at radius 2 is 2.42 bits per heavy atom. The molecule has 2 rings (SSSR count). The maximum Gasteiger partial charge on any atom is 0.271 e. The third-order valence-electron chi connectivity index (χ3n) is 3.40. The second kappa shape index (κ2) is 6.19. The highest BCUT2D eigenvalue weighted by molar-refractivity contribution is 5.92. The number of nitrogens with one attached hydrogen (secondary N) is 1. The first-order valence-corrected chi connectivity index (χ1v) is 6.96. The van der Waals surface area contributed by atoms with Crippen LogP contribution in [-0.4, -0.2) is 34.2 Å². The summed E-state index contributed by atoms with van der Waals surface area (Å²) >= 11 is 0. The second-order valence-electron chi connectivity index (χ2n) is 5.69. The van der Waals surface area contributed by atoms with E-state index in [1.165, 1.54) is 0 Å². The van der Waals surface area contributed by atoms with Crippen molar-refractivity contribution in [2.45, 2.75) is 45.3 Å². The van der Waals surface area contributed by atoms with Crippen molar-refractivity contribution >= 4 is 5.91 Å². The SMILES string of the molecule is CC(C)C[C@H]1OCCC[C@@H]1NC(=O)c1cn(C)cn1. The molecule has 1 fully saturated rings. The Bertz CT molecular complexity index is 428. The zero-order valence-electron chi connectivity index (χ0n) is 11.9. The standard InChI is InChI=1S/C14H23N3O2/c1-10(2)7-13-11(5-4-6-19-13)16-14(18)12-8-17(3)9-15-12/h8-11,13H,4-7H2,1-3H3,(H,16,18)/t11-,13+/m0/s1. The molecule has 1 amide bonds. The molecule has 1 aliphatic rings. The minimum Gasteiger partial charge on any atom is -0.376 e. The van der Waals surface area contributed by atoms with Crippen molar-refractivity contribution < 1.29 is 9.53 Å². The summed E-state index contributed by atoms with van der Waals surface area (Å²) in [6, 6.07) is 0.102. The van der Waals surface area contributed by atoms with Crippen molar-refractivity contribution in [1.82, 2.24) is 14.9 Å². The van der Waals surface area contributed by atoms with E-state index in [1.807, 2.05) is 7.05 Å². The quantitative estimate of drug-likeness (QED) is 0.902. The molecule has 5 heteroatoms. The molecule has 1 aromatic heterocycles. The number of aromatic nitrogens is 2. The molecule has 106 valence electrons. The lowest BCUT2D eigenvalue weighted by Gasteiger charge is -2.33. The summed E-state index contributed by atoms with van der Waals surface area (Å²) in [4.78, 5) is 16.2. The Morgan fingerprint density at radius 3 is 3.05 bits per heavy atom. The Hall–Kier alpha value is -1.36. The number of hydrogen-bond donors (Lipinski definition) is 1. The van der Waals surface area contributed by atoms with E-state index in [0.29, 0.717) is 11.6 Å². The lowest BCUT2D eigenvalue weighted by atomic mass is 9.94. The monoisotopic (exact) mass is 265 g/mol. The molecule has 1 aromatic rings. The van der Waals surface area contributed by atoms with Gasteiger partial charge in [0.05, 0.1) is 18.5 Å². The summed E-state index contributed by atoms with van der Waals surface area (Å²) in [5.74, 6) is 0.460. The largest absolute Gasteiger partial charge is 0.376 e. The maximum atomic E-state index is 12.1. The van der Waals surface area contributed by atoms with Gasteiger partial charge in [-0.1, -0.05) is 13.8 Å². The average Bonchev–Trinajstić information content (AvgIpc) is 2.78. The molecular weight excluding hydrogens is 242 g/mol. The molecule has 0 bridgehead atoms. The molecule has 0 radical (unpaired) electrons. The molecule has 2 heterocycles. The van der Waals surface area contributed by atoms with Crippen LogP contribution in [0, 0.1) is 5.92 Å². The molecule has 19 heavy (non-hydrogen) atoms. The van der Waals surface area contributed by atoms with Gasteiger partial charge >= 0.3 is 0 Å². The number of hydrogen-bond acceptors (Lipinski definition) is 3. The number of amides is 1. The van der Waals surface area contributed by atoms with Crippen LogP contribution in [0.5, 0.6) is 0 Å². The van der Waals surface area contributed by atoms with Gasteiger partial charge in [-0.15, -0.1) is 0 Å². The predicted molar refractivity (Wildman–Crippen MR) is 72.9 cm³/mol. The van der Waals surface area contributed by atoms with E-state index in [0.717, 1.165) is 25.9 Å². The lowest BCUT2D eigenvalue weighted by molar-refractivity contribution is -0.0186. The van der Waals surface area contributed by atoms with Crippen LogP contribution in [0.1, 0.15) is 43.6 Å². The van der Waals surface area contributed by atoms with Gasteiger partial charge < -0.3 is 14.6 Å². The Labute approximate surface area is 114 Å². The van der Waals surface area contributed by atoms with Gasteiger partial charge in [-0.3, -0.25) is 4.79 Å². The van der Waals surface area contributed by atoms with Crippen molar-refractivity contribution in [3.05, 3.63) is 18.2 Å². The first-order valence-electron chi connectivity index (χ1n) is 6.96. The van der Waals surface area contributed by atoms with E-state index < -0.39 is 0 Å². The van der Waals surface area contributed by atoms with E-state index >= 15 is 0 Å². The maximum absolute atomic E-state index is 12.1. The van der Waals surface area contributed by atoms with Crippen molar-refractivity contribution in [1.29, 1.82) is 0 Å². The predicted octanol–water partition coefficient (Wildman–Crippen LogP) is 1.74. The highest BCUT2D eigenvalue weighted by atomic mass is 16.5. The van der Waals surface area contributed by atoms with E-state index in [9.17, 15) is 4.79 Å². The van der Waals surface area contributed by atoms with E-state index in [4.69, 9.17) is 4.74 Å². The smallest absolute Gasteiger partial charge is 0.271 e. The van der Waals surface area contributed by atoms with Crippen molar-refractivity contribution in [2.24, 2.45) is 13.0 Å². The minimum absolute atomic E-state index is 0.102. The van der Waals surface area contributed by atoms with Gasteiger partial charge in [-0.25, -0.2) is 4.98 Å². The molecule has 1 saturated heterocycles. The Morgan fingerprint density at radius 1 is 1.63 bits per heavy atom. The molecule has 0 spiro atoms. The number of nitrogens with zero attached hydrogens (tertiary/aromatic N) is 2. The van der Waals surface area contributed by atoms with Crippen LogP contribution in [0.2, 0.25) is 0 Å². The van der Waals surface area contributed by atoms with Crippen molar-refractivity contribution in [2.75, 3.05) is 6.61 Å². The normalized spacial score (nSPS) is 23.6. The fraction of sp³-hybridized carbons (Fsp3) is 0.714. The number of carbonyl (C=O) groups excluding carboxylic acids is 1. The van der Waals surface area contributed by atoms with Gasteiger partial charge in [0.25, 0.3) is 5.91 Å². The molecule has 1 aliphatic heterocycles. The minimum atomic E-state index is -0.107. The van der Waals surface area contributed by atoms with Crippen LogP contribution >= 0.6 is 0 Å². The number of imidazole rings is 1. The zero-order chi connectivity index (χ0) is 13.8. The van der Waals surface area contributed by atoms with Crippen LogP contribution in [0.15, 0.2) is 12.5 Å². The summed E-state index contributed by atoms with van der Waals surface area (Å²) in [5, 5.41) is 3.06. The molecule has 0 unspecified atom stereocenters. The summed E-state index contributed by atoms with van der Waals surface area (Å²) < 4.78 is 7.58. The van der Waals surface area contributed by atoms with Gasteiger partial charge in [-0.2, -0.15) is 0 Å². The first-order chi connectivity index (χ1) is 9.06. The molecular formula is C14H23N3O2. The first kappa shape index (κ1) is 14.1. The number of carbonyl (C=O) groups is 1. The number of aryl methyl sites for hydroxylation is 1. The third kappa shape index (κ3) is 3.80. The van der Waals surface area contributed by atoms with Gasteiger partial charge in [0, 0.05) is 19.9 Å². The van der Waals surface area contributed by atoms with Crippen molar-refractivity contribution in [3.63, 3.8) is 0 Å². The third-order valence-corrected chi connectivity index (χ3v) is 3.40. The fourth-order valence-electron chi connectivity index (χ4n) is 2.47. The number of ether oxygens (including phenoxy) is 1. The van der Waals surface area contributed by atoms with E-state index in [2.05, 4.69) is 24.1 Å². The Balaban J connectivity index is 1.97. The molecule has 0 aromatic carbocycles. The van der Waals surface area contributed by atoms with Crippen LogP contribution in [0.4, 0.5) is 0 Å². The van der Waals surface area contributed by atoms with Crippen LogP contribution in [0.3, 0.4) is 0 Å². The average molecular weight is 265 g/mol. The van der Waals surface area contributed by atoms with Gasteiger partial charge in [0.15, 0.2) is 0 Å². The Kier molecular flexibility index (Phi) is 4.58. The van der Waals surface area contributed by atoms with Crippen LogP contribution < -0.4 is 5.32 Å². The van der Waals surface area contributed by atoms with Crippen molar-refractivity contribution in [3.8, 4) is 0 Å². The highest BCUT2D eigenvalue weighted by Gasteiger charge is 2.28. The van der Waals surface area contributed by atoms with E-state index in [1.54, 1.807) is 17.1 Å². The zero-order valence-corrected chi connectivity index (χ0v) is 11.9. The molecule has 1 N–H and O–H groups in total. The summed E-state index contributed by atoms with van der Waals surface area (Å²) in [7, 11) is 1.86. The molecule has 0 saturated carbocycles. The topological polar surface area (TPSA) is 56.1 Å². The van der Waals surface area contributed by atoms with E-state index in [-0.39, 0.29) is 18.1 Å². The lowest BCUT2D eigenvalue weighted by Crippen LogP contribution is -2.47. The fourth-order valence-corrected chi connectivity index (χ4v) is 2.47. The van der Waals surface area contributed by atoms with Gasteiger partial charge in [-0.05, 0) is 25.2 Å². The summed E-state index contributed by atoms with van der Waals surface area (Å²) in [5.41, 5.74) is 0.469. The number of rotatable bonds is 4. The second-order valence-corrected chi connectivity index (χ2v) is 5.69. The molecule has 0 aliphatic carbocycles. The molecule has 5 nitrogen and oxygen atoms in total.